The lowest BCUT2D eigenvalue weighted by Gasteiger charge is -2.10. The minimum Gasteiger partial charge on any atom is -0.324 e. The second kappa shape index (κ2) is 7.18. The molecular formula is C18H16F3N5O. The van der Waals surface area contributed by atoms with Gasteiger partial charge >= 0.3 is 6.18 Å². The molecule has 1 heterocycles. The molecule has 0 saturated carbocycles. The van der Waals surface area contributed by atoms with Gasteiger partial charge in [0, 0.05) is 11.3 Å². The van der Waals surface area contributed by atoms with Crippen molar-refractivity contribution in [2.45, 2.75) is 26.6 Å². The third-order valence-corrected chi connectivity index (χ3v) is 3.93. The molecule has 1 N–H and O–H groups in total. The van der Waals surface area contributed by atoms with Gasteiger partial charge in [0.25, 0.3) is 0 Å². The van der Waals surface area contributed by atoms with Crippen LogP contribution in [0.4, 0.5) is 18.9 Å². The first-order valence-corrected chi connectivity index (χ1v) is 8.05. The molecule has 0 atom stereocenters. The molecule has 0 spiro atoms. The number of benzene rings is 2. The molecule has 9 heteroatoms. The fraction of sp³-hybridized carbons (Fsp3) is 0.222. The number of para-hydroxylation sites is 1. The molecule has 0 aliphatic carbocycles. The monoisotopic (exact) mass is 375 g/mol. The molecule has 0 fully saturated rings. The predicted octanol–water partition coefficient (Wildman–Crippen LogP) is 3.61. The van der Waals surface area contributed by atoms with E-state index in [9.17, 15) is 18.0 Å². The number of hydrogen-bond acceptors (Lipinski definition) is 4. The standard InChI is InChI=1S/C18H16F3N5O/c1-11-5-3-6-12(2)16(11)22-15(27)10-26-24-17(23-25-26)13-7-4-8-14(9-13)18(19,20)21/h3-9H,10H2,1-2H3,(H,22,27). The van der Waals surface area contributed by atoms with Crippen LogP contribution in [0.3, 0.4) is 0 Å². The quantitative estimate of drug-likeness (QED) is 0.756. The van der Waals surface area contributed by atoms with Crippen molar-refractivity contribution in [1.29, 1.82) is 0 Å². The van der Waals surface area contributed by atoms with Crippen molar-refractivity contribution in [2.24, 2.45) is 0 Å². The van der Waals surface area contributed by atoms with Gasteiger partial charge in [-0.2, -0.15) is 18.0 Å². The molecule has 140 valence electrons. The summed E-state index contributed by atoms with van der Waals surface area (Å²) < 4.78 is 38.5. The van der Waals surface area contributed by atoms with Gasteiger partial charge in [-0.05, 0) is 42.3 Å². The van der Waals surface area contributed by atoms with Gasteiger partial charge in [-0.25, -0.2) is 0 Å². The number of aromatic nitrogens is 4. The lowest BCUT2D eigenvalue weighted by atomic mass is 10.1. The first-order valence-electron chi connectivity index (χ1n) is 8.05. The number of amides is 1. The number of alkyl halides is 3. The molecule has 3 aromatic rings. The number of nitrogens with one attached hydrogen (secondary N) is 1. The topological polar surface area (TPSA) is 72.7 Å². The lowest BCUT2D eigenvalue weighted by molar-refractivity contribution is -0.137. The van der Waals surface area contributed by atoms with Gasteiger partial charge in [-0.15, -0.1) is 10.2 Å². The number of anilines is 1. The Morgan fingerprint density at radius 1 is 1.11 bits per heavy atom. The van der Waals surface area contributed by atoms with Gasteiger partial charge in [0.05, 0.1) is 5.56 Å². The van der Waals surface area contributed by atoms with Crippen LogP contribution >= 0.6 is 0 Å². The minimum absolute atomic E-state index is 0.0148. The van der Waals surface area contributed by atoms with Gasteiger partial charge in [0.1, 0.15) is 6.54 Å². The van der Waals surface area contributed by atoms with Crippen LogP contribution in [0.2, 0.25) is 0 Å². The smallest absolute Gasteiger partial charge is 0.324 e. The van der Waals surface area contributed by atoms with Crippen molar-refractivity contribution in [3.8, 4) is 11.4 Å². The van der Waals surface area contributed by atoms with Crippen molar-refractivity contribution in [3.05, 3.63) is 59.2 Å². The van der Waals surface area contributed by atoms with Crippen molar-refractivity contribution in [2.75, 3.05) is 5.32 Å². The molecule has 2 aromatic carbocycles. The SMILES string of the molecule is Cc1cccc(C)c1NC(=O)Cn1nnc(-c2cccc(C(F)(F)F)c2)n1. The normalized spacial score (nSPS) is 11.4. The summed E-state index contributed by atoms with van der Waals surface area (Å²) in [5.41, 5.74) is 1.91. The maximum absolute atomic E-state index is 12.8. The Balaban J connectivity index is 1.74. The average molecular weight is 375 g/mol. The summed E-state index contributed by atoms with van der Waals surface area (Å²) in [7, 11) is 0. The van der Waals surface area contributed by atoms with Crippen LogP contribution in [-0.4, -0.2) is 26.1 Å². The number of carbonyl (C=O) groups is 1. The van der Waals surface area contributed by atoms with E-state index in [1.165, 1.54) is 12.1 Å². The van der Waals surface area contributed by atoms with E-state index in [1.54, 1.807) is 0 Å². The van der Waals surface area contributed by atoms with Gasteiger partial charge < -0.3 is 5.32 Å². The number of carbonyl (C=O) groups excluding carboxylic acids is 1. The molecule has 0 saturated heterocycles. The van der Waals surface area contributed by atoms with Crippen LogP contribution in [0.15, 0.2) is 42.5 Å². The van der Waals surface area contributed by atoms with E-state index >= 15 is 0 Å². The van der Waals surface area contributed by atoms with E-state index in [4.69, 9.17) is 0 Å². The number of tetrazole rings is 1. The van der Waals surface area contributed by atoms with Gasteiger partial charge in [0.2, 0.25) is 11.7 Å². The van der Waals surface area contributed by atoms with Crippen LogP contribution in [-0.2, 0) is 17.5 Å². The van der Waals surface area contributed by atoms with Crippen molar-refractivity contribution in [3.63, 3.8) is 0 Å². The Morgan fingerprint density at radius 2 is 1.78 bits per heavy atom. The summed E-state index contributed by atoms with van der Waals surface area (Å²) >= 11 is 0. The second-order valence-electron chi connectivity index (χ2n) is 6.04. The van der Waals surface area contributed by atoms with Crippen LogP contribution in [0.5, 0.6) is 0 Å². The first-order chi connectivity index (χ1) is 12.7. The third-order valence-electron chi connectivity index (χ3n) is 3.93. The zero-order chi connectivity index (χ0) is 19.6. The number of rotatable bonds is 4. The number of aryl methyl sites for hydroxylation is 2. The fourth-order valence-electron chi connectivity index (χ4n) is 2.58. The molecule has 6 nitrogen and oxygen atoms in total. The van der Waals surface area contributed by atoms with Crippen molar-refractivity contribution >= 4 is 11.6 Å². The number of halogens is 3. The third kappa shape index (κ3) is 4.30. The molecule has 1 aromatic heterocycles. The first kappa shape index (κ1) is 18.6. The lowest BCUT2D eigenvalue weighted by Crippen LogP contribution is -2.21. The summed E-state index contributed by atoms with van der Waals surface area (Å²) in [6.45, 7) is 3.55. The highest BCUT2D eigenvalue weighted by molar-refractivity contribution is 5.92. The molecule has 0 aliphatic heterocycles. The molecular weight excluding hydrogens is 359 g/mol. The van der Waals surface area contributed by atoms with E-state index in [-0.39, 0.29) is 23.8 Å². The molecule has 1 amide bonds. The molecule has 0 bridgehead atoms. The largest absolute Gasteiger partial charge is 0.416 e. The second-order valence-corrected chi connectivity index (χ2v) is 6.04. The Morgan fingerprint density at radius 3 is 2.44 bits per heavy atom. The predicted molar refractivity (Wildman–Crippen MR) is 92.8 cm³/mol. The fourth-order valence-corrected chi connectivity index (χ4v) is 2.58. The zero-order valence-corrected chi connectivity index (χ0v) is 14.6. The average Bonchev–Trinajstić information content (AvgIpc) is 3.06. The Labute approximate surface area is 153 Å². The molecule has 0 unspecified atom stereocenters. The summed E-state index contributed by atoms with van der Waals surface area (Å²) in [4.78, 5) is 13.3. The van der Waals surface area contributed by atoms with Crippen LogP contribution in [0, 0.1) is 13.8 Å². The Kier molecular flexibility index (Phi) is 4.93. The maximum Gasteiger partial charge on any atom is 0.416 e. The molecule has 0 aliphatic rings. The van der Waals surface area contributed by atoms with Crippen molar-refractivity contribution < 1.29 is 18.0 Å². The van der Waals surface area contributed by atoms with Gasteiger partial charge in [0.15, 0.2) is 0 Å². The summed E-state index contributed by atoms with van der Waals surface area (Å²) in [5.74, 6) is -0.346. The van der Waals surface area contributed by atoms with E-state index in [0.717, 1.165) is 28.1 Å². The van der Waals surface area contributed by atoms with E-state index < -0.39 is 11.7 Å². The highest BCUT2D eigenvalue weighted by Gasteiger charge is 2.30. The highest BCUT2D eigenvalue weighted by Crippen LogP contribution is 2.31. The van der Waals surface area contributed by atoms with E-state index in [0.29, 0.717) is 5.69 Å². The van der Waals surface area contributed by atoms with Crippen LogP contribution in [0.1, 0.15) is 16.7 Å². The highest BCUT2D eigenvalue weighted by atomic mass is 19.4. The summed E-state index contributed by atoms with van der Waals surface area (Å²) in [6.07, 6.45) is -4.46. The molecule has 3 rings (SSSR count). The van der Waals surface area contributed by atoms with Crippen LogP contribution < -0.4 is 5.32 Å². The van der Waals surface area contributed by atoms with Crippen LogP contribution in [0.25, 0.3) is 11.4 Å². The number of hydrogen-bond donors (Lipinski definition) is 1. The van der Waals surface area contributed by atoms with Gasteiger partial charge in [-0.1, -0.05) is 30.3 Å². The van der Waals surface area contributed by atoms with E-state index in [2.05, 4.69) is 20.7 Å². The molecule has 27 heavy (non-hydrogen) atoms. The Hall–Kier alpha value is -3.23. The summed E-state index contributed by atoms with van der Waals surface area (Å²) in [6, 6.07) is 10.3. The summed E-state index contributed by atoms with van der Waals surface area (Å²) in [5, 5.41) is 14.3. The van der Waals surface area contributed by atoms with Crippen molar-refractivity contribution in [1.82, 2.24) is 20.2 Å². The van der Waals surface area contributed by atoms with Gasteiger partial charge in [-0.3, -0.25) is 4.79 Å². The number of nitrogens with zero attached hydrogens (tertiary/aromatic N) is 4. The Bertz CT molecular complexity index is 961. The minimum atomic E-state index is -4.46. The maximum atomic E-state index is 12.8. The zero-order valence-electron chi connectivity index (χ0n) is 14.6. The molecule has 0 radical (unpaired) electrons. The van der Waals surface area contributed by atoms with E-state index in [1.807, 2.05) is 32.0 Å².